The van der Waals surface area contributed by atoms with E-state index in [1.807, 2.05) is 13.0 Å². The summed E-state index contributed by atoms with van der Waals surface area (Å²) in [5.74, 6) is 0.664. The summed E-state index contributed by atoms with van der Waals surface area (Å²) in [6.45, 7) is 5.65. The number of phenols is 1. The SMILES string of the molecule is CCCc1c(OC(CCC)CCBr)ccc(C(C)=O)c1O. The summed E-state index contributed by atoms with van der Waals surface area (Å²) in [4.78, 5) is 11.6. The second-order valence-electron chi connectivity index (χ2n) is 5.25. The average molecular weight is 357 g/mol. The zero-order valence-corrected chi connectivity index (χ0v) is 14.7. The standard InChI is InChI=1S/C17H25BrO3/c1-4-6-13(10-11-18)21-16-9-8-14(12(3)19)17(20)15(16)7-5-2/h8-9,13,20H,4-7,10-11H2,1-3H3. The fourth-order valence-corrected chi connectivity index (χ4v) is 2.90. The molecule has 0 aliphatic carbocycles. The topological polar surface area (TPSA) is 46.5 Å². The van der Waals surface area contributed by atoms with Crippen molar-refractivity contribution >= 4 is 21.7 Å². The second kappa shape index (κ2) is 9.08. The van der Waals surface area contributed by atoms with Gasteiger partial charge >= 0.3 is 0 Å². The van der Waals surface area contributed by atoms with Crippen LogP contribution in [0.4, 0.5) is 0 Å². The first kappa shape index (κ1) is 18.0. The minimum atomic E-state index is -0.123. The number of ketones is 1. The number of ether oxygens (including phenoxy) is 1. The molecule has 1 N–H and O–H groups in total. The first-order valence-corrected chi connectivity index (χ1v) is 8.75. The van der Waals surface area contributed by atoms with Gasteiger partial charge in [-0.15, -0.1) is 0 Å². The highest BCUT2D eigenvalue weighted by molar-refractivity contribution is 9.09. The fraction of sp³-hybridized carbons (Fsp3) is 0.588. The van der Waals surface area contributed by atoms with Gasteiger partial charge in [0.2, 0.25) is 0 Å². The number of hydrogen-bond donors (Lipinski definition) is 1. The number of rotatable bonds is 9. The Morgan fingerprint density at radius 1 is 1.29 bits per heavy atom. The Kier molecular flexibility index (Phi) is 7.79. The lowest BCUT2D eigenvalue weighted by Crippen LogP contribution is -2.18. The maximum Gasteiger partial charge on any atom is 0.163 e. The molecule has 4 heteroatoms. The van der Waals surface area contributed by atoms with Crippen LogP contribution < -0.4 is 4.74 Å². The van der Waals surface area contributed by atoms with Gasteiger partial charge in [0, 0.05) is 10.9 Å². The van der Waals surface area contributed by atoms with Gasteiger partial charge in [-0.25, -0.2) is 0 Å². The van der Waals surface area contributed by atoms with E-state index in [0.29, 0.717) is 17.7 Å². The maximum absolute atomic E-state index is 11.6. The number of hydrogen-bond acceptors (Lipinski definition) is 3. The normalized spacial score (nSPS) is 12.2. The second-order valence-corrected chi connectivity index (χ2v) is 6.04. The Morgan fingerprint density at radius 2 is 2.00 bits per heavy atom. The van der Waals surface area contributed by atoms with Crippen molar-refractivity contribution in [2.24, 2.45) is 0 Å². The zero-order chi connectivity index (χ0) is 15.8. The first-order chi connectivity index (χ1) is 10.0. The van der Waals surface area contributed by atoms with E-state index in [0.717, 1.165) is 36.6 Å². The lowest BCUT2D eigenvalue weighted by molar-refractivity contribution is 0.101. The molecule has 1 rings (SSSR count). The summed E-state index contributed by atoms with van der Waals surface area (Å²) >= 11 is 3.45. The van der Waals surface area contributed by atoms with Gasteiger partial charge in [-0.3, -0.25) is 4.79 Å². The van der Waals surface area contributed by atoms with Crippen LogP contribution in [-0.2, 0) is 6.42 Å². The third-order valence-corrected chi connectivity index (χ3v) is 3.91. The summed E-state index contributed by atoms with van der Waals surface area (Å²) in [5.41, 5.74) is 1.12. The van der Waals surface area contributed by atoms with Gasteiger partial charge in [0.05, 0.1) is 11.7 Å². The van der Waals surface area contributed by atoms with Crippen LogP contribution in [0.2, 0.25) is 0 Å². The highest BCUT2D eigenvalue weighted by Crippen LogP contribution is 2.34. The average Bonchev–Trinajstić information content (AvgIpc) is 2.43. The molecule has 0 aliphatic rings. The Hall–Kier alpha value is -1.03. The first-order valence-electron chi connectivity index (χ1n) is 7.63. The molecule has 0 amide bonds. The number of Topliss-reactive ketones (excluding diaryl/α,β-unsaturated/α-hetero) is 1. The molecule has 0 radical (unpaired) electrons. The Labute approximate surface area is 135 Å². The van der Waals surface area contributed by atoms with Crippen molar-refractivity contribution in [3.05, 3.63) is 23.3 Å². The highest BCUT2D eigenvalue weighted by atomic mass is 79.9. The third kappa shape index (κ3) is 5.03. The molecule has 21 heavy (non-hydrogen) atoms. The summed E-state index contributed by atoms with van der Waals surface area (Å²) in [6.07, 6.45) is 4.68. The van der Waals surface area contributed by atoms with Gasteiger partial charge in [-0.05, 0) is 38.3 Å². The fourth-order valence-electron chi connectivity index (χ4n) is 2.39. The number of carbonyl (C=O) groups is 1. The van der Waals surface area contributed by atoms with E-state index in [1.54, 1.807) is 6.07 Å². The van der Waals surface area contributed by atoms with E-state index in [4.69, 9.17) is 4.74 Å². The van der Waals surface area contributed by atoms with E-state index in [2.05, 4.69) is 22.9 Å². The van der Waals surface area contributed by atoms with Crippen LogP contribution >= 0.6 is 15.9 Å². The van der Waals surface area contributed by atoms with Crippen LogP contribution in [0, 0.1) is 0 Å². The number of phenolic OH excluding ortho intramolecular Hbond substituents is 1. The van der Waals surface area contributed by atoms with E-state index < -0.39 is 0 Å². The van der Waals surface area contributed by atoms with Crippen LogP contribution in [0.1, 0.15) is 62.4 Å². The number of alkyl halides is 1. The molecule has 0 heterocycles. The van der Waals surface area contributed by atoms with Crippen molar-refractivity contribution in [2.45, 2.75) is 59.0 Å². The highest BCUT2D eigenvalue weighted by Gasteiger charge is 2.18. The largest absolute Gasteiger partial charge is 0.507 e. The molecule has 0 fully saturated rings. The molecule has 118 valence electrons. The quantitative estimate of drug-likeness (QED) is 0.506. The number of carbonyl (C=O) groups excluding carboxylic acids is 1. The van der Waals surface area contributed by atoms with Crippen LogP contribution in [0.5, 0.6) is 11.5 Å². The number of benzene rings is 1. The number of aromatic hydroxyl groups is 1. The Morgan fingerprint density at radius 3 is 2.52 bits per heavy atom. The van der Waals surface area contributed by atoms with Crippen molar-refractivity contribution in [3.63, 3.8) is 0 Å². The predicted molar refractivity (Wildman–Crippen MR) is 89.8 cm³/mol. The molecule has 1 aromatic carbocycles. The molecule has 1 unspecified atom stereocenters. The maximum atomic E-state index is 11.6. The van der Waals surface area contributed by atoms with E-state index in [9.17, 15) is 9.90 Å². The predicted octanol–water partition coefficient (Wildman–Crippen LogP) is 4.88. The minimum Gasteiger partial charge on any atom is -0.507 e. The summed E-state index contributed by atoms with van der Waals surface area (Å²) < 4.78 is 6.09. The molecule has 0 aromatic heterocycles. The van der Waals surface area contributed by atoms with Gasteiger partial charge in [0.15, 0.2) is 5.78 Å². The van der Waals surface area contributed by atoms with E-state index in [1.165, 1.54) is 6.92 Å². The summed E-state index contributed by atoms with van der Waals surface area (Å²) in [7, 11) is 0. The molecular formula is C17H25BrO3. The summed E-state index contributed by atoms with van der Waals surface area (Å²) in [6, 6.07) is 3.47. The van der Waals surface area contributed by atoms with Gasteiger partial charge in [0.1, 0.15) is 11.5 Å². The van der Waals surface area contributed by atoms with Crippen molar-refractivity contribution in [1.82, 2.24) is 0 Å². The molecule has 1 atom stereocenters. The third-order valence-electron chi connectivity index (χ3n) is 3.45. The van der Waals surface area contributed by atoms with Crippen molar-refractivity contribution in [1.29, 1.82) is 0 Å². The van der Waals surface area contributed by atoms with Crippen LogP contribution in [-0.4, -0.2) is 22.3 Å². The van der Waals surface area contributed by atoms with Crippen LogP contribution in [0.3, 0.4) is 0 Å². The smallest absolute Gasteiger partial charge is 0.163 e. The summed E-state index contributed by atoms with van der Waals surface area (Å²) in [5, 5.41) is 11.2. The molecule has 0 aliphatic heterocycles. The van der Waals surface area contributed by atoms with E-state index >= 15 is 0 Å². The lowest BCUT2D eigenvalue weighted by atomic mass is 10.0. The van der Waals surface area contributed by atoms with Crippen LogP contribution in [0.25, 0.3) is 0 Å². The van der Waals surface area contributed by atoms with Gasteiger partial charge < -0.3 is 9.84 Å². The van der Waals surface area contributed by atoms with Gasteiger partial charge in [-0.1, -0.05) is 42.6 Å². The number of halogens is 1. The molecule has 1 aromatic rings. The zero-order valence-electron chi connectivity index (χ0n) is 13.1. The molecule has 0 bridgehead atoms. The van der Waals surface area contributed by atoms with Gasteiger partial charge in [0.25, 0.3) is 0 Å². The van der Waals surface area contributed by atoms with E-state index in [-0.39, 0.29) is 17.6 Å². The van der Waals surface area contributed by atoms with Crippen molar-refractivity contribution in [3.8, 4) is 11.5 Å². The Bertz CT molecular complexity index is 465. The molecule has 0 spiro atoms. The minimum absolute atomic E-state index is 0.0796. The molecular weight excluding hydrogens is 332 g/mol. The monoisotopic (exact) mass is 356 g/mol. The molecule has 0 saturated heterocycles. The van der Waals surface area contributed by atoms with Crippen molar-refractivity contribution < 1.29 is 14.6 Å². The van der Waals surface area contributed by atoms with Crippen LogP contribution in [0.15, 0.2) is 12.1 Å². The van der Waals surface area contributed by atoms with Crippen molar-refractivity contribution in [2.75, 3.05) is 5.33 Å². The van der Waals surface area contributed by atoms with Gasteiger partial charge in [-0.2, -0.15) is 0 Å². The molecule has 3 nitrogen and oxygen atoms in total. The lowest BCUT2D eigenvalue weighted by Gasteiger charge is -2.21. The Balaban J connectivity index is 3.10. The molecule has 0 saturated carbocycles.